The molecule has 0 atom stereocenters. The first-order valence-electron chi connectivity index (χ1n) is 8.74. The SMILES string of the molecule is CC(C)Cc1cc(C(=O)NCCCc2nc3ccccc3s2)nc(=O)[nH]1. The molecule has 1 aromatic carbocycles. The summed E-state index contributed by atoms with van der Waals surface area (Å²) in [4.78, 5) is 34.9. The molecule has 0 aliphatic heterocycles. The third-order valence-corrected chi connectivity index (χ3v) is 4.95. The molecule has 0 spiro atoms. The lowest BCUT2D eigenvalue weighted by Crippen LogP contribution is -2.29. The molecule has 2 heterocycles. The Labute approximate surface area is 155 Å². The number of para-hydroxylation sites is 1. The molecule has 136 valence electrons. The highest BCUT2D eigenvalue weighted by Gasteiger charge is 2.11. The normalized spacial score (nSPS) is 11.2. The minimum Gasteiger partial charge on any atom is -0.351 e. The minimum atomic E-state index is -0.484. The predicted octanol–water partition coefficient (Wildman–Crippen LogP) is 2.94. The van der Waals surface area contributed by atoms with E-state index < -0.39 is 5.69 Å². The van der Waals surface area contributed by atoms with Crippen molar-refractivity contribution in [3.8, 4) is 0 Å². The number of carbonyl (C=O) groups excluding carboxylic acids is 1. The van der Waals surface area contributed by atoms with Crippen molar-refractivity contribution >= 4 is 27.5 Å². The van der Waals surface area contributed by atoms with E-state index in [4.69, 9.17) is 0 Å². The van der Waals surface area contributed by atoms with Gasteiger partial charge < -0.3 is 10.3 Å². The van der Waals surface area contributed by atoms with Crippen LogP contribution in [0.1, 0.15) is 41.5 Å². The Morgan fingerprint density at radius 2 is 2.08 bits per heavy atom. The Bertz CT molecular complexity index is 928. The van der Waals surface area contributed by atoms with Gasteiger partial charge >= 0.3 is 5.69 Å². The van der Waals surface area contributed by atoms with Gasteiger partial charge in [0.25, 0.3) is 5.91 Å². The van der Waals surface area contributed by atoms with Crippen molar-refractivity contribution in [2.75, 3.05) is 6.54 Å². The number of nitrogens with one attached hydrogen (secondary N) is 2. The lowest BCUT2D eigenvalue weighted by Gasteiger charge is -2.07. The quantitative estimate of drug-likeness (QED) is 0.626. The highest BCUT2D eigenvalue weighted by molar-refractivity contribution is 7.18. The molecule has 0 fully saturated rings. The first-order chi connectivity index (χ1) is 12.5. The third kappa shape index (κ3) is 4.76. The van der Waals surface area contributed by atoms with Crippen LogP contribution in [0, 0.1) is 5.92 Å². The van der Waals surface area contributed by atoms with Crippen LogP contribution in [0.25, 0.3) is 10.2 Å². The summed E-state index contributed by atoms with van der Waals surface area (Å²) in [6, 6.07) is 9.71. The fourth-order valence-electron chi connectivity index (χ4n) is 2.73. The number of thiazole rings is 1. The number of hydrogen-bond acceptors (Lipinski definition) is 5. The molecule has 0 bridgehead atoms. The molecule has 0 aliphatic carbocycles. The number of amides is 1. The van der Waals surface area contributed by atoms with Crippen LogP contribution >= 0.6 is 11.3 Å². The van der Waals surface area contributed by atoms with Gasteiger partial charge in [-0.1, -0.05) is 26.0 Å². The van der Waals surface area contributed by atoms with Crippen LogP contribution < -0.4 is 11.0 Å². The zero-order chi connectivity index (χ0) is 18.5. The van der Waals surface area contributed by atoms with Crippen LogP contribution in [0.2, 0.25) is 0 Å². The summed E-state index contributed by atoms with van der Waals surface area (Å²) in [6.45, 7) is 4.63. The van der Waals surface area contributed by atoms with Crippen LogP contribution in [-0.2, 0) is 12.8 Å². The van der Waals surface area contributed by atoms with E-state index in [1.807, 2.05) is 18.2 Å². The summed E-state index contributed by atoms with van der Waals surface area (Å²) in [5.74, 6) is 0.0724. The van der Waals surface area contributed by atoms with Crippen molar-refractivity contribution < 1.29 is 4.79 Å². The number of fused-ring (bicyclic) bond motifs is 1. The van der Waals surface area contributed by atoms with E-state index in [1.54, 1.807) is 17.4 Å². The van der Waals surface area contributed by atoms with E-state index in [9.17, 15) is 9.59 Å². The number of aryl methyl sites for hydroxylation is 1. The molecular weight excluding hydrogens is 348 g/mol. The summed E-state index contributed by atoms with van der Waals surface area (Å²) < 4.78 is 1.18. The Morgan fingerprint density at radius 1 is 1.27 bits per heavy atom. The number of rotatable bonds is 7. The van der Waals surface area contributed by atoms with Crippen molar-refractivity contribution in [2.24, 2.45) is 5.92 Å². The molecule has 0 aliphatic rings. The van der Waals surface area contributed by atoms with Gasteiger partial charge in [-0.2, -0.15) is 4.98 Å². The van der Waals surface area contributed by atoms with Crippen molar-refractivity contribution in [1.29, 1.82) is 0 Å². The first-order valence-corrected chi connectivity index (χ1v) is 9.56. The number of aromatic nitrogens is 3. The Kier molecular flexibility index (Phi) is 5.78. The highest BCUT2D eigenvalue weighted by atomic mass is 32.1. The molecule has 3 aromatic rings. The fraction of sp³-hybridized carbons (Fsp3) is 0.368. The molecule has 0 saturated carbocycles. The zero-order valence-corrected chi connectivity index (χ0v) is 15.7. The molecule has 26 heavy (non-hydrogen) atoms. The van der Waals surface area contributed by atoms with Gasteiger partial charge in [-0.15, -0.1) is 11.3 Å². The summed E-state index contributed by atoms with van der Waals surface area (Å²) >= 11 is 1.68. The maximum Gasteiger partial charge on any atom is 0.345 e. The number of aromatic amines is 1. The van der Waals surface area contributed by atoms with Crippen LogP contribution in [0.3, 0.4) is 0 Å². The van der Waals surface area contributed by atoms with E-state index in [0.29, 0.717) is 18.9 Å². The lowest BCUT2D eigenvalue weighted by atomic mass is 10.1. The first kappa shape index (κ1) is 18.3. The smallest absolute Gasteiger partial charge is 0.345 e. The number of benzene rings is 1. The minimum absolute atomic E-state index is 0.171. The van der Waals surface area contributed by atoms with Crippen LogP contribution in [0.4, 0.5) is 0 Å². The molecule has 7 heteroatoms. The third-order valence-electron chi connectivity index (χ3n) is 3.85. The van der Waals surface area contributed by atoms with Gasteiger partial charge in [0.1, 0.15) is 5.69 Å². The maximum atomic E-state index is 12.2. The van der Waals surface area contributed by atoms with Gasteiger partial charge in [0.2, 0.25) is 0 Å². The van der Waals surface area contributed by atoms with E-state index in [0.717, 1.165) is 29.1 Å². The van der Waals surface area contributed by atoms with Crippen molar-refractivity contribution in [3.63, 3.8) is 0 Å². The topological polar surface area (TPSA) is 87.7 Å². The zero-order valence-electron chi connectivity index (χ0n) is 14.9. The lowest BCUT2D eigenvalue weighted by molar-refractivity contribution is 0.0947. The molecule has 0 radical (unpaired) electrons. The monoisotopic (exact) mass is 370 g/mol. The van der Waals surface area contributed by atoms with Crippen molar-refractivity contribution in [3.05, 3.63) is 57.2 Å². The number of H-pyrrole nitrogens is 1. The second kappa shape index (κ2) is 8.23. The van der Waals surface area contributed by atoms with Gasteiger partial charge in [0, 0.05) is 18.7 Å². The molecular formula is C19H22N4O2S. The highest BCUT2D eigenvalue weighted by Crippen LogP contribution is 2.22. The van der Waals surface area contributed by atoms with Gasteiger partial charge in [0.05, 0.1) is 15.2 Å². The van der Waals surface area contributed by atoms with E-state index >= 15 is 0 Å². The largest absolute Gasteiger partial charge is 0.351 e. The number of nitrogens with zero attached hydrogens (tertiary/aromatic N) is 2. The number of hydrogen-bond donors (Lipinski definition) is 2. The summed E-state index contributed by atoms with van der Waals surface area (Å²) in [5.41, 5.74) is 1.44. The van der Waals surface area contributed by atoms with Gasteiger partial charge in [-0.25, -0.2) is 9.78 Å². The van der Waals surface area contributed by atoms with Gasteiger partial charge in [-0.3, -0.25) is 4.79 Å². The molecule has 3 rings (SSSR count). The summed E-state index contributed by atoms with van der Waals surface area (Å²) in [5, 5.41) is 3.90. The van der Waals surface area contributed by atoms with Crippen LogP contribution in [0.15, 0.2) is 35.1 Å². The van der Waals surface area contributed by atoms with Gasteiger partial charge in [-0.05, 0) is 37.0 Å². The summed E-state index contributed by atoms with van der Waals surface area (Å²) in [7, 11) is 0. The van der Waals surface area contributed by atoms with Gasteiger partial charge in [0.15, 0.2) is 0 Å². The predicted molar refractivity (Wildman–Crippen MR) is 104 cm³/mol. The second-order valence-corrected chi connectivity index (χ2v) is 7.74. The average Bonchev–Trinajstić information content (AvgIpc) is 3.00. The molecule has 2 N–H and O–H groups in total. The Balaban J connectivity index is 1.53. The maximum absolute atomic E-state index is 12.2. The van der Waals surface area contributed by atoms with Crippen molar-refractivity contribution in [2.45, 2.75) is 33.1 Å². The van der Waals surface area contributed by atoms with Crippen LogP contribution in [-0.4, -0.2) is 27.4 Å². The molecule has 6 nitrogen and oxygen atoms in total. The van der Waals surface area contributed by atoms with E-state index in [1.165, 1.54) is 4.70 Å². The Hall–Kier alpha value is -2.54. The standard InChI is InChI=1S/C19H22N4O2S/c1-12(2)10-13-11-15(23-19(25)21-13)18(24)20-9-5-8-17-22-14-6-3-4-7-16(14)26-17/h3-4,6-7,11-12H,5,8-10H2,1-2H3,(H,20,24)(H,21,23,25). The van der Waals surface area contributed by atoms with E-state index in [-0.39, 0.29) is 11.6 Å². The fourth-order valence-corrected chi connectivity index (χ4v) is 3.74. The average molecular weight is 370 g/mol. The molecule has 2 aromatic heterocycles. The molecule has 0 saturated heterocycles. The van der Waals surface area contributed by atoms with Crippen molar-refractivity contribution in [1.82, 2.24) is 20.3 Å². The van der Waals surface area contributed by atoms with E-state index in [2.05, 4.69) is 40.2 Å². The van der Waals surface area contributed by atoms with Crippen LogP contribution in [0.5, 0.6) is 0 Å². The number of carbonyl (C=O) groups is 1. The molecule has 0 unspecified atom stereocenters. The Morgan fingerprint density at radius 3 is 2.85 bits per heavy atom. The summed E-state index contributed by atoms with van der Waals surface area (Å²) in [6.07, 6.45) is 2.30. The second-order valence-electron chi connectivity index (χ2n) is 6.63. The molecule has 1 amide bonds.